The molecule has 0 saturated carbocycles. The maximum atomic E-state index is 12.2. The third-order valence-corrected chi connectivity index (χ3v) is 5.04. The highest BCUT2D eigenvalue weighted by Crippen LogP contribution is 2.20. The van der Waals surface area contributed by atoms with Crippen molar-refractivity contribution in [3.8, 4) is 11.4 Å². The molecule has 0 fully saturated rings. The van der Waals surface area contributed by atoms with Gasteiger partial charge in [-0.05, 0) is 49.3 Å². The summed E-state index contributed by atoms with van der Waals surface area (Å²) < 4.78 is 2.34. The van der Waals surface area contributed by atoms with E-state index < -0.39 is 0 Å². The van der Waals surface area contributed by atoms with Crippen molar-refractivity contribution in [1.82, 2.24) is 20.1 Å². The Labute approximate surface area is 178 Å². The summed E-state index contributed by atoms with van der Waals surface area (Å²) in [5.74, 6) is 0.678. The van der Waals surface area contributed by atoms with Crippen molar-refractivity contribution in [2.75, 3.05) is 6.54 Å². The molecule has 3 aromatic rings. The van der Waals surface area contributed by atoms with Crippen LogP contribution in [0.25, 0.3) is 11.4 Å². The quantitative estimate of drug-likeness (QED) is 0.515. The molecule has 0 saturated heterocycles. The van der Waals surface area contributed by atoms with Crippen LogP contribution in [0.4, 0.5) is 0 Å². The Bertz CT molecular complexity index is 1010. The Kier molecular flexibility index (Phi) is 6.88. The number of carbonyl (C=O) groups is 1. The number of nitrogens with one attached hydrogen (secondary N) is 2. The van der Waals surface area contributed by atoms with Crippen molar-refractivity contribution in [3.05, 3.63) is 68.4 Å². The summed E-state index contributed by atoms with van der Waals surface area (Å²) in [5, 5.41) is 11.2. The molecule has 1 heterocycles. The number of hydrogen-bond donors (Lipinski definition) is 2. The van der Waals surface area contributed by atoms with Crippen LogP contribution in [-0.4, -0.2) is 27.2 Å². The number of hydrogen-bond acceptors (Lipinski definition) is 3. The number of rotatable bonds is 7. The van der Waals surface area contributed by atoms with E-state index in [1.54, 1.807) is 6.07 Å². The average Bonchev–Trinajstić information content (AvgIpc) is 3.00. The van der Waals surface area contributed by atoms with Crippen LogP contribution >= 0.6 is 35.4 Å². The molecule has 0 spiro atoms. The zero-order chi connectivity index (χ0) is 20.1. The highest BCUT2D eigenvalue weighted by Gasteiger charge is 2.10. The number of H-pyrrole nitrogens is 1. The summed E-state index contributed by atoms with van der Waals surface area (Å²) in [6.07, 6.45) is 0.967. The van der Waals surface area contributed by atoms with Crippen LogP contribution in [-0.2, 0) is 17.8 Å². The largest absolute Gasteiger partial charge is 0.356 e. The van der Waals surface area contributed by atoms with Crippen molar-refractivity contribution in [3.63, 3.8) is 0 Å². The predicted molar refractivity (Wildman–Crippen MR) is 115 cm³/mol. The van der Waals surface area contributed by atoms with Crippen molar-refractivity contribution >= 4 is 41.3 Å². The molecular weight excluding hydrogens is 415 g/mol. The van der Waals surface area contributed by atoms with Crippen molar-refractivity contribution in [1.29, 1.82) is 0 Å². The molecule has 0 aliphatic carbocycles. The molecule has 5 nitrogen and oxygen atoms in total. The first-order valence-electron chi connectivity index (χ1n) is 8.86. The monoisotopic (exact) mass is 434 g/mol. The molecule has 1 amide bonds. The van der Waals surface area contributed by atoms with E-state index in [0.717, 1.165) is 17.0 Å². The van der Waals surface area contributed by atoms with E-state index in [1.807, 2.05) is 47.9 Å². The molecule has 1 aromatic heterocycles. The fourth-order valence-corrected chi connectivity index (χ4v) is 3.65. The van der Waals surface area contributed by atoms with Gasteiger partial charge >= 0.3 is 0 Å². The lowest BCUT2D eigenvalue weighted by Crippen LogP contribution is -2.26. The molecule has 0 aliphatic heterocycles. The van der Waals surface area contributed by atoms with E-state index in [9.17, 15) is 4.79 Å². The van der Waals surface area contributed by atoms with Crippen LogP contribution in [0.1, 0.15) is 17.5 Å². The summed E-state index contributed by atoms with van der Waals surface area (Å²) in [6.45, 7) is 2.99. The highest BCUT2D eigenvalue weighted by atomic mass is 35.5. The second kappa shape index (κ2) is 9.37. The lowest BCUT2D eigenvalue weighted by atomic mass is 10.1. The zero-order valence-corrected chi connectivity index (χ0v) is 17.7. The molecule has 0 bridgehead atoms. The maximum Gasteiger partial charge on any atom is 0.221 e. The number of halogens is 2. The zero-order valence-electron chi connectivity index (χ0n) is 15.3. The number of amides is 1. The van der Waals surface area contributed by atoms with Gasteiger partial charge < -0.3 is 5.32 Å². The molecule has 0 aliphatic rings. The minimum Gasteiger partial charge on any atom is -0.356 e. The molecule has 28 heavy (non-hydrogen) atoms. The molecular formula is C20H20Cl2N4OS. The normalized spacial score (nSPS) is 10.8. The molecule has 0 unspecified atom stereocenters. The predicted octanol–water partition coefficient (Wildman–Crippen LogP) is 4.97. The smallest absolute Gasteiger partial charge is 0.221 e. The van der Waals surface area contributed by atoms with Crippen molar-refractivity contribution in [2.24, 2.45) is 0 Å². The Morgan fingerprint density at radius 2 is 1.86 bits per heavy atom. The maximum absolute atomic E-state index is 12.2. The lowest BCUT2D eigenvalue weighted by Gasteiger charge is -2.09. The van der Waals surface area contributed by atoms with Gasteiger partial charge in [-0.2, -0.15) is 5.10 Å². The highest BCUT2D eigenvalue weighted by molar-refractivity contribution is 7.71. The second-order valence-electron chi connectivity index (χ2n) is 6.50. The molecule has 3 rings (SSSR count). The summed E-state index contributed by atoms with van der Waals surface area (Å²) >= 11 is 17.3. The third kappa shape index (κ3) is 5.44. The molecule has 8 heteroatoms. The van der Waals surface area contributed by atoms with Gasteiger partial charge in [0.15, 0.2) is 10.6 Å². The third-order valence-electron chi connectivity index (χ3n) is 4.29. The standard InChI is InChI=1S/C20H20Cl2N4OS/c1-13-2-4-15(5-3-13)19-24-25-20(28)26(19)9-7-18(27)23-8-6-14-10-16(21)12-17(22)11-14/h2-5,10-12H,6-9H2,1H3,(H,23,27)(H,25,28). The van der Waals surface area contributed by atoms with Crippen molar-refractivity contribution in [2.45, 2.75) is 26.3 Å². The van der Waals surface area contributed by atoms with Gasteiger partial charge in [0.05, 0.1) is 0 Å². The fourth-order valence-electron chi connectivity index (χ4n) is 2.85. The van der Waals surface area contributed by atoms with Gasteiger partial charge in [-0.3, -0.25) is 14.5 Å². The molecule has 2 N–H and O–H groups in total. The van der Waals surface area contributed by atoms with E-state index in [2.05, 4.69) is 15.5 Å². The van der Waals surface area contributed by atoms with Gasteiger partial charge in [0, 0.05) is 35.1 Å². The summed E-state index contributed by atoms with van der Waals surface area (Å²) in [7, 11) is 0. The first kappa shape index (κ1) is 20.6. The fraction of sp³-hybridized carbons (Fsp3) is 0.250. The number of benzene rings is 2. The number of nitrogens with zero attached hydrogens (tertiary/aromatic N) is 2. The summed E-state index contributed by atoms with van der Waals surface area (Å²) in [4.78, 5) is 12.2. The van der Waals surface area contributed by atoms with E-state index >= 15 is 0 Å². The van der Waals surface area contributed by atoms with Gasteiger partial charge in [0.2, 0.25) is 5.91 Å². The number of aromatic nitrogens is 3. The Hall–Kier alpha value is -2.15. The van der Waals surface area contributed by atoms with Crippen molar-refractivity contribution < 1.29 is 4.79 Å². The Balaban J connectivity index is 1.55. The topological polar surface area (TPSA) is 62.7 Å². The van der Waals surface area contributed by atoms with Gasteiger partial charge in [-0.25, -0.2) is 0 Å². The SMILES string of the molecule is Cc1ccc(-c2n[nH]c(=S)n2CCC(=O)NCCc2cc(Cl)cc(Cl)c2)cc1. The van der Waals surface area contributed by atoms with E-state index in [-0.39, 0.29) is 5.91 Å². The van der Waals surface area contributed by atoms with Crippen LogP contribution in [0.15, 0.2) is 42.5 Å². The van der Waals surface area contributed by atoms with E-state index in [4.69, 9.17) is 35.4 Å². The van der Waals surface area contributed by atoms with Crippen LogP contribution in [0.2, 0.25) is 10.0 Å². The van der Waals surface area contributed by atoms with Gasteiger partial charge in [0.25, 0.3) is 0 Å². The van der Waals surface area contributed by atoms with Crippen LogP contribution in [0.5, 0.6) is 0 Å². The number of aryl methyl sites for hydroxylation is 1. The average molecular weight is 435 g/mol. The molecule has 146 valence electrons. The van der Waals surface area contributed by atoms with E-state index in [0.29, 0.717) is 40.7 Å². The summed E-state index contributed by atoms with van der Waals surface area (Å²) in [5.41, 5.74) is 3.11. The van der Waals surface area contributed by atoms with E-state index in [1.165, 1.54) is 5.56 Å². The molecule has 2 aromatic carbocycles. The summed E-state index contributed by atoms with van der Waals surface area (Å²) in [6, 6.07) is 13.4. The Morgan fingerprint density at radius 3 is 2.54 bits per heavy atom. The first-order chi connectivity index (χ1) is 13.4. The minimum absolute atomic E-state index is 0.0499. The van der Waals surface area contributed by atoms with Gasteiger partial charge in [-0.1, -0.05) is 53.0 Å². The van der Waals surface area contributed by atoms with Gasteiger partial charge in [-0.15, -0.1) is 0 Å². The van der Waals surface area contributed by atoms with Crippen LogP contribution in [0.3, 0.4) is 0 Å². The van der Waals surface area contributed by atoms with Crippen LogP contribution < -0.4 is 5.32 Å². The number of aromatic amines is 1. The second-order valence-corrected chi connectivity index (χ2v) is 7.76. The van der Waals surface area contributed by atoms with Gasteiger partial charge in [0.1, 0.15) is 0 Å². The molecule has 0 atom stereocenters. The minimum atomic E-state index is -0.0499. The Morgan fingerprint density at radius 1 is 1.18 bits per heavy atom. The first-order valence-corrected chi connectivity index (χ1v) is 10.0. The number of carbonyl (C=O) groups excluding carboxylic acids is 1. The van der Waals surface area contributed by atoms with Crippen LogP contribution in [0, 0.1) is 11.7 Å². The lowest BCUT2D eigenvalue weighted by molar-refractivity contribution is -0.121. The molecule has 0 radical (unpaired) electrons.